The minimum Gasteiger partial charge on any atom is -0.452 e. The summed E-state index contributed by atoms with van der Waals surface area (Å²) < 4.78 is 4.75. The SMILES string of the molecule is COC(=O)N(Cc1ccc(C)cc1C)NC(=O)c1cc(C)nnc1Cl. The number of carbonyl (C=O) groups excluding carboxylic acids is 2. The number of nitrogens with one attached hydrogen (secondary N) is 1. The zero-order valence-electron chi connectivity index (χ0n) is 14.5. The second-order valence-electron chi connectivity index (χ2n) is 5.62. The first kappa shape index (κ1) is 18.7. The van der Waals surface area contributed by atoms with Gasteiger partial charge in [-0.25, -0.2) is 9.80 Å². The van der Waals surface area contributed by atoms with Gasteiger partial charge in [0, 0.05) is 0 Å². The lowest BCUT2D eigenvalue weighted by atomic mass is 10.1. The van der Waals surface area contributed by atoms with E-state index in [9.17, 15) is 9.59 Å². The summed E-state index contributed by atoms with van der Waals surface area (Å²) >= 11 is 5.92. The fourth-order valence-corrected chi connectivity index (χ4v) is 2.45. The molecule has 0 aliphatic carbocycles. The van der Waals surface area contributed by atoms with E-state index in [-0.39, 0.29) is 17.3 Å². The summed E-state index contributed by atoms with van der Waals surface area (Å²) in [4.78, 5) is 24.5. The van der Waals surface area contributed by atoms with Crippen molar-refractivity contribution in [1.82, 2.24) is 20.6 Å². The van der Waals surface area contributed by atoms with Gasteiger partial charge in [0.25, 0.3) is 5.91 Å². The molecule has 2 aromatic rings. The molecular formula is C17H19ClN4O3. The maximum atomic E-state index is 12.5. The van der Waals surface area contributed by atoms with Gasteiger partial charge in [-0.05, 0) is 38.0 Å². The lowest BCUT2D eigenvalue weighted by molar-refractivity contribution is 0.0690. The van der Waals surface area contributed by atoms with Crippen LogP contribution in [0.5, 0.6) is 0 Å². The largest absolute Gasteiger partial charge is 0.452 e. The van der Waals surface area contributed by atoms with E-state index >= 15 is 0 Å². The Morgan fingerprint density at radius 2 is 1.92 bits per heavy atom. The standard InChI is InChI=1S/C17H19ClN4O3/c1-10-5-6-13(11(2)7-10)9-22(17(24)25-4)21-16(23)14-8-12(3)19-20-15(14)18/h5-8H,9H2,1-4H3,(H,21,23). The Balaban J connectivity index is 2.24. The second-order valence-corrected chi connectivity index (χ2v) is 5.98. The minimum atomic E-state index is -0.691. The predicted molar refractivity (Wildman–Crippen MR) is 93.1 cm³/mol. The fraction of sp³-hybridized carbons (Fsp3) is 0.294. The maximum Gasteiger partial charge on any atom is 0.428 e. The number of carbonyl (C=O) groups is 2. The Hall–Kier alpha value is -2.67. The van der Waals surface area contributed by atoms with Gasteiger partial charge >= 0.3 is 6.09 Å². The van der Waals surface area contributed by atoms with Crippen LogP contribution >= 0.6 is 11.6 Å². The zero-order chi connectivity index (χ0) is 18.6. The van der Waals surface area contributed by atoms with Gasteiger partial charge in [-0.3, -0.25) is 10.2 Å². The van der Waals surface area contributed by atoms with Crippen LogP contribution in [0.2, 0.25) is 5.15 Å². The van der Waals surface area contributed by atoms with Crippen molar-refractivity contribution in [2.24, 2.45) is 0 Å². The minimum absolute atomic E-state index is 0.0422. The molecular weight excluding hydrogens is 344 g/mol. The van der Waals surface area contributed by atoms with E-state index in [4.69, 9.17) is 16.3 Å². The molecule has 0 radical (unpaired) electrons. The van der Waals surface area contributed by atoms with Gasteiger partial charge in [-0.1, -0.05) is 35.4 Å². The van der Waals surface area contributed by atoms with Gasteiger partial charge < -0.3 is 4.74 Å². The highest BCUT2D eigenvalue weighted by molar-refractivity contribution is 6.32. The summed E-state index contributed by atoms with van der Waals surface area (Å²) in [6.45, 7) is 5.76. The van der Waals surface area contributed by atoms with Crippen LogP contribution in [-0.2, 0) is 11.3 Å². The Labute approximate surface area is 150 Å². The smallest absolute Gasteiger partial charge is 0.428 e. The van der Waals surface area contributed by atoms with Crippen molar-refractivity contribution in [3.63, 3.8) is 0 Å². The highest BCUT2D eigenvalue weighted by Gasteiger charge is 2.21. The number of rotatable bonds is 3. The maximum absolute atomic E-state index is 12.5. The first-order valence-electron chi connectivity index (χ1n) is 7.54. The van der Waals surface area contributed by atoms with Gasteiger partial charge in [0.1, 0.15) is 0 Å². The van der Waals surface area contributed by atoms with E-state index in [1.54, 1.807) is 6.92 Å². The van der Waals surface area contributed by atoms with Crippen LogP contribution in [0, 0.1) is 20.8 Å². The van der Waals surface area contributed by atoms with Gasteiger partial charge in [0.2, 0.25) is 0 Å². The third kappa shape index (κ3) is 4.67. The van der Waals surface area contributed by atoms with Crippen molar-refractivity contribution in [2.45, 2.75) is 27.3 Å². The molecule has 7 nitrogen and oxygen atoms in total. The number of hydrogen-bond donors (Lipinski definition) is 1. The summed E-state index contributed by atoms with van der Waals surface area (Å²) in [5.41, 5.74) is 6.17. The third-order valence-electron chi connectivity index (χ3n) is 3.57. The van der Waals surface area contributed by atoms with Crippen molar-refractivity contribution in [3.8, 4) is 0 Å². The molecule has 132 valence electrons. The summed E-state index contributed by atoms with van der Waals surface area (Å²) in [5, 5.41) is 8.52. The van der Waals surface area contributed by atoms with Gasteiger partial charge in [-0.2, -0.15) is 5.10 Å². The van der Waals surface area contributed by atoms with E-state index in [0.29, 0.717) is 5.69 Å². The molecule has 1 heterocycles. The van der Waals surface area contributed by atoms with E-state index in [2.05, 4.69) is 15.6 Å². The average molecular weight is 363 g/mol. The molecule has 0 unspecified atom stereocenters. The summed E-state index contributed by atoms with van der Waals surface area (Å²) in [6.07, 6.45) is -0.691. The van der Waals surface area contributed by atoms with Crippen LogP contribution in [0.25, 0.3) is 0 Å². The molecule has 0 aliphatic rings. The van der Waals surface area contributed by atoms with Crippen molar-refractivity contribution in [3.05, 3.63) is 57.4 Å². The molecule has 0 saturated heterocycles. The molecule has 25 heavy (non-hydrogen) atoms. The lowest BCUT2D eigenvalue weighted by Gasteiger charge is -2.23. The van der Waals surface area contributed by atoms with Crippen molar-refractivity contribution >= 4 is 23.6 Å². The number of benzene rings is 1. The van der Waals surface area contributed by atoms with Crippen LogP contribution in [-0.4, -0.2) is 34.3 Å². The van der Waals surface area contributed by atoms with Crippen LogP contribution in [0.3, 0.4) is 0 Å². The van der Waals surface area contributed by atoms with Crippen LogP contribution in [0.15, 0.2) is 24.3 Å². The number of hydrazine groups is 1. The number of ether oxygens (including phenoxy) is 1. The third-order valence-corrected chi connectivity index (χ3v) is 3.85. The Morgan fingerprint density at radius 1 is 1.20 bits per heavy atom. The highest BCUT2D eigenvalue weighted by atomic mass is 35.5. The monoisotopic (exact) mass is 362 g/mol. The van der Waals surface area contributed by atoms with Gasteiger partial charge in [0.05, 0.1) is 24.9 Å². The van der Waals surface area contributed by atoms with E-state index in [0.717, 1.165) is 21.7 Å². The molecule has 0 aliphatic heterocycles. The van der Waals surface area contributed by atoms with Crippen molar-refractivity contribution in [1.29, 1.82) is 0 Å². The normalized spacial score (nSPS) is 10.3. The average Bonchev–Trinajstić information content (AvgIpc) is 2.57. The molecule has 0 bridgehead atoms. The molecule has 8 heteroatoms. The van der Waals surface area contributed by atoms with E-state index in [1.807, 2.05) is 32.0 Å². The summed E-state index contributed by atoms with van der Waals surface area (Å²) in [5.74, 6) is -0.571. The second kappa shape index (κ2) is 7.94. The Bertz CT molecular complexity index is 810. The molecule has 0 spiro atoms. The molecule has 1 aromatic heterocycles. The Morgan fingerprint density at radius 3 is 2.56 bits per heavy atom. The number of amides is 2. The number of aryl methyl sites for hydroxylation is 3. The van der Waals surface area contributed by atoms with Crippen LogP contribution in [0.1, 0.15) is 32.7 Å². The number of nitrogens with zero attached hydrogens (tertiary/aromatic N) is 3. The van der Waals surface area contributed by atoms with Gasteiger partial charge in [0.15, 0.2) is 5.15 Å². The molecule has 0 saturated carbocycles. The quantitative estimate of drug-likeness (QED) is 0.848. The topological polar surface area (TPSA) is 84.4 Å². The summed E-state index contributed by atoms with van der Waals surface area (Å²) in [6, 6.07) is 7.33. The number of methoxy groups -OCH3 is 1. The number of halogens is 1. The van der Waals surface area contributed by atoms with Crippen LogP contribution < -0.4 is 5.43 Å². The van der Waals surface area contributed by atoms with Crippen molar-refractivity contribution in [2.75, 3.05) is 7.11 Å². The number of aromatic nitrogens is 2. The fourth-order valence-electron chi connectivity index (χ4n) is 2.27. The highest BCUT2D eigenvalue weighted by Crippen LogP contribution is 2.15. The molecule has 2 rings (SSSR count). The first-order valence-corrected chi connectivity index (χ1v) is 7.92. The molecule has 1 aromatic carbocycles. The molecule has 0 atom stereocenters. The number of hydrogen-bond acceptors (Lipinski definition) is 5. The first-order chi connectivity index (χ1) is 11.8. The van der Waals surface area contributed by atoms with E-state index in [1.165, 1.54) is 13.2 Å². The van der Waals surface area contributed by atoms with Crippen LogP contribution in [0.4, 0.5) is 4.79 Å². The molecule has 0 fully saturated rings. The van der Waals surface area contributed by atoms with Gasteiger partial charge in [-0.15, -0.1) is 5.10 Å². The molecule has 2 amide bonds. The lowest BCUT2D eigenvalue weighted by Crippen LogP contribution is -2.45. The summed E-state index contributed by atoms with van der Waals surface area (Å²) in [7, 11) is 1.24. The van der Waals surface area contributed by atoms with E-state index < -0.39 is 12.0 Å². The molecule has 1 N–H and O–H groups in total. The zero-order valence-corrected chi connectivity index (χ0v) is 15.2. The van der Waals surface area contributed by atoms with Crippen molar-refractivity contribution < 1.29 is 14.3 Å². The Kier molecular flexibility index (Phi) is 5.93. The predicted octanol–water partition coefficient (Wildman–Crippen LogP) is 2.97.